The smallest absolute Gasteiger partial charge is 0.0781 e. The lowest BCUT2D eigenvalue weighted by Crippen LogP contribution is -2.24. The third-order valence-corrected chi connectivity index (χ3v) is 1.49. The van der Waals surface area contributed by atoms with E-state index < -0.39 is 6.10 Å². The van der Waals surface area contributed by atoms with Crippen molar-refractivity contribution >= 4 is 0 Å². The van der Waals surface area contributed by atoms with Gasteiger partial charge in [0, 0.05) is 0 Å². The maximum atomic E-state index is 8.92. The van der Waals surface area contributed by atoms with Crippen LogP contribution < -0.4 is 0 Å². The highest BCUT2D eigenvalue weighted by Crippen LogP contribution is 1.97. The largest absolute Gasteiger partial charge is 0.394 e. The van der Waals surface area contributed by atoms with E-state index in [1.54, 1.807) is 26.0 Å². The first-order valence-electron chi connectivity index (χ1n) is 6.55. The van der Waals surface area contributed by atoms with Gasteiger partial charge in [-0.3, -0.25) is 0 Å². The van der Waals surface area contributed by atoms with E-state index in [4.69, 9.17) is 19.7 Å². The van der Waals surface area contributed by atoms with Gasteiger partial charge in [0.05, 0.1) is 38.1 Å². The Hall–Kier alpha value is -0.680. The van der Waals surface area contributed by atoms with Gasteiger partial charge in [-0.05, 0) is 34.6 Å². The van der Waals surface area contributed by atoms with Crippen molar-refractivity contribution in [3.05, 3.63) is 25.3 Å². The molecule has 0 saturated carbocycles. The summed E-state index contributed by atoms with van der Waals surface area (Å²) >= 11 is 0. The normalized spacial score (nSPS) is 13.8. The van der Waals surface area contributed by atoms with Crippen LogP contribution in [0, 0.1) is 0 Å². The van der Waals surface area contributed by atoms with Gasteiger partial charge in [0.25, 0.3) is 0 Å². The average Bonchev–Trinajstić information content (AvgIpc) is 2.35. The maximum Gasteiger partial charge on any atom is 0.0781 e. The van der Waals surface area contributed by atoms with Crippen LogP contribution in [-0.2, 0) is 9.47 Å². The van der Waals surface area contributed by atoms with Crippen LogP contribution in [-0.4, -0.2) is 48.3 Å². The summed E-state index contributed by atoms with van der Waals surface area (Å²) in [5.74, 6) is 0. The molecule has 116 valence electrons. The first-order chi connectivity index (χ1) is 8.89. The molecule has 0 aromatic heterocycles. The summed E-state index contributed by atoms with van der Waals surface area (Å²) in [5, 5.41) is 17.6. The number of hydrogen-bond donors (Lipinski definition) is 2. The van der Waals surface area contributed by atoms with Crippen LogP contribution in [0.5, 0.6) is 0 Å². The molecule has 0 radical (unpaired) electrons. The molecule has 0 aliphatic rings. The number of allylic oxidation sites excluding steroid dienone is 2. The summed E-state index contributed by atoms with van der Waals surface area (Å²) in [6.07, 6.45) is 2.85. The summed E-state index contributed by atoms with van der Waals surface area (Å²) in [7, 11) is 0. The highest BCUT2D eigenvalue weighted by atomic mass is 16.5. The van der Waals surface area contributed by atoms with Crippen LogP contribution in [0.1, 0.15) is 34.6 Å². The van der Waals surface area contributed by atoms with Crippen molar-refractivity contribution < 1.29 is 19.7 Å². The monoisotopic (exact) mass is 276 g/mol. The number of rotatable bonds is 7. The second kappa shape index (κ2) is 19.7. The average molecular weight is 276 g/mol. The Bertz CT molecular complexity index is 175. The minimum Gasteiger partial charge on any atom is -0.394 e. The van der Waals surface area contributed by atoms with Crippen molar-refractivity contribution in [2.75, 3.05) is 19.8 Å². The molecule has 0 aliphatic carbocycles. The molecule has 0 fully saturated rings. The van der Waals surface area contributed by atoms with Gasteiger partial charge < -0.3 is 19.7 Å². The second-order valence-corrected chi connectivity index (χ2v) is 4.14. The Morgan fingerprint density at radius 2 is 1.32 bits per heavy atom. The van der Waals surface area contributed by atoms with E-state index in [9.17, 15) is 0 Å². The van der Waals surface area contributed by atoms with E-state index >= 15 is 0 Å². The molecule has 19 heavy (non-hydrogen) atoms. The van der Waals surface area contributed by atoms with Crippen molar-refractivity contribution in [2.45, 2.75) is 52.9 Å². The van der Waals surface area contributed by atoms with E-state index in [2.05, 4.69) is 13.2 Å². The number of aliphatic hydroxyl groups excluding tert-OH is 2. The van der Waals surface area contributed by atoms with Crippen molar-refractivity contribution in [1.29, 1.82) is 0 Å². The fourth-order valence-corrected chi connectivity index (χ4v) is 0.704. The van der Waals surface area contributed by atoms with Crippen molar-refractivity contribution in [3.8, 4) is 0 Å². The third kappa shape index (κ3) is 31.7. The maximum absolute atomic E-state index is 8.92. The highest BCUT2D eigenvalue weighted by Gasteiger charge is 2.06. The minimum atomic E-state index is -0.447. The van der Waals surface area contributed by atoms with Gasteiger partial charge in [0.2, 0.25) is 0 Å². The Morgan fingerprint density at radius 1 is 0.947 bits per heavy atom. The standard InChI is InChI=1S/C9H20O4.2C3H6/c1-7(11)5-12-9(3)6-13-8(2)4-10;2*1-3-2/h7-11H,4-6H2,1-3H3;2*3H,1H2,2H3. The zero-order valence-corrected chi connectivity index (χ0v) is 13.1. The lowest BCUT2D eigenvalue weighted by molar-refractivity contribution is -0.0620. The second-order valence-electron chi connectivity index (χ2n) is 4.14. The SMILES string of the molecule is C=CC.C=CC.CC(O)COC(C)COC(C)CO. The first kappa shape index (κ1) is 23.4. The highest BCUT2D eigenvalue weighted by molar-refractivity contribution is 4.53. The molecule has 3 atom stereocenters. The molecule has 0 saturated heterocycles. The molecule has 3 unspecified atom stereocenters. The topological polar surface area (TPSA) is 58.9 Å². The number of ether oxygens (including phenoxy) is 2. The van der Waals surface area contributed by atoms with Crippen LogP contribution in [0.3, 0.4) is 0 Å². The van der Waals surface area contributed by atoms with Crippen LogP contribution in [0.2, 0.25) is 0 Å². The van der Waals surface area contributed by atoms with E-state index in [-0.39, 0.29) is 18.8 Å². The third-order valence-electron chi connectivity index (χ3n) is 1.49. The van der Waals surface area contributed by atoms with Gasteiger partial charge in [-0.15, -0.1) is 13.2 Å². The summed E-state index contributed by atoms with van der Waals surface area (Å²) in [6.45, 7) is 16.6. The quantitative estimate of drug-likeness (QED) is 0.702. The molecule has 0 aromatic carbocycles. The molecule has 0 rings (SSSR count). The van der Waals surface area contributed by atoms with Crippen molar-refractivity contribution in [1.82, 2.24) is 0 Å². The molecular weight excluding hydrogens is 244 g/mol. The summed E-state index contributed by atoms with van der Waals surface area (Å²) < 4.78 is 10.5. The zero-order valence-electron chi connectivity index (χ0n) is 13.1. The Labute approximate surface area is 118 Å². The van der Waals surface area contributed by atoms with Crippen LogP contribution in [0.25, 0.3) is 0 Å². The van der Waals surface area contributed by atoms with Crippen LogP contribution in [0.4, 0.5) is 0 Å². The summed E-state index contributed by atoms with van der Waals surface area (Å²) in [6, 6.07) is 0. The Balaban J connectivity index is -0.000000360. The minimum absolute atomic E-state index is 0.0170. The van der Waals surface area contributed by atoms with E-state index in [1.807, 2.05) is 20.8 Å². The molecule has 4 nitrogen and oxygen atoms in total. The molecular formula is C15H32O4. The fraction of sp³-hybridized carbons (Fsp3) is 0.733. The van der Waals surface area contributed by atoms with Gasteiger partial charge in [-0.1, -0.05) is 12.2 Å². The summed E-state index contributed by atoms with van der Waals surface area (Å²) in [5.41, 5.74) is 0. The van der Waals surface area contributed by atoms with Crippen LogP contribution in [0.15, 0.2) is 25.3 Å². The number of aliphatic hydroxyl groups is 2. The Kier molecular flexibility index (Phi) is 24.2. The molecule has 0 heterocycles. The molecule has 0 aliphatic heterocycles. The van der Waals surface area contributed by atoms with E-state index in [0.29, 0.717) is 13.2 Å². The number of hydrogen-bond acceptors (Lipinski definition) is 4. The molecule has 0 aromatic rings. The van der Waals surface area contributed by atoms with E-state index in [0.717, 1.165) is 0 Å². The predicted molar refractivity (Wildman–Crippen MR) is 81.3 cm³/mol. The van der Waals surface area contributed by atoms with Gasteiger partial charge in [0.15, 0.2) is 0 Å². The van der Waals surface area contributed by atoms with Crippen molar-refractivity contribution in [3.63, 3.8) is 0 Å². The van der Waals surface area contributed by atoms with Gasteiger partial charge in [-0.2, -0.15) is 0 Å². The summed E-state index contributed by atoms with van der Waals surface area (Å²) in [4.78, 5) is 0. The molecule has 0 spiro atoms. The lowest BCUT2D eigenvalue weighted by Gasteiger charge is -2.16. The lowest BCUT2D eigenvalue weighted by atomic mass is 10.4. The fourth-order valence-electron chi connectivity index (χ4n) is 0.704. The molecule has 0 bridgehead atoms. The molecule has 2 N–H and O–H groups in total. The van der Waals surface area contributed by atoms with Gasteiger partial charge in [-0.25, -0.2) is 0 Å². The predicted octanol–water partition coefficient (Wildman–Crippen LogP) is 2.55. The van der Waals surface area contributed by atoms with Crippen LogP contribution >= 0.6 is 0 Å². The zero-order chi connectivity index (χ0) is 15.7. The Morgan fingerprint density at radius 3 is 1.63 bits per heavy atom. The molecule has 4 heteroatoms. The van der Waals surface area contributed by atoms with Crippen molar-refractivity contribution in [2.24, 2.45) is 0 Å². The van der Waals surface area contributed by atoms with Gasteiger partial charge in [0.1, 0.15) is 0 Å². The van der Waals surface area contributed by atoms with Gasteiger partial charge >= 0.3 is 0 Å². The molecule has 0 amide bonds. The van der Waals surface area contributed by atoms with E-state index in [1.165, 1.54) is 0 Å². The first-order valence-corrected chi connectivity index (χ1v) is 6.55.